The molecule has 0 fully saturated rings. The monoisotopic (exact) mass is 125 g/mol. The molecule has 0 aliphatic heterocycles. The molecule has 0 bridgehead atoms. The van der Waals surface area contributed by atoms with Crippen molar-refractivity contribution in [2.75, 3.05) is 6.26 Å². The Balaban J connectivity index is 3.60. The van der Waals surface area contributed by atoms with Crippen molar-refractivity contribution in [1.29, 1.82) is 4.78 Å². The molecule has 6 heteroatoms. The third-order valence-electron chi connectivity index (χ3n) is 0.240. The van der Waals surface area contributed by atoms with E-state index in [4.69, 9.17) is 9.99 Å². The van der Waals surface area contributed by atoms with E-state index < -0.39 is 9.92 Å². The van der Waals surface area contributed by atoms with Crippen molar-refractivity contribution in [2.24, 2.45) is 0 Å². The van der Waals surface area contributed by atoms with Gasteiger partial charge in [-0.05, 0) is 0 Å². The molecule has 0 amide bonds. The number of hydrogen-bond donors (Lipinski definition) is 4. The van der Waals surface area contributed by atoms with Crippen molar-refractivity contribution in [1.82, 2.24) is 10.4 Å². The third kappa shape index (κ3) is 5.83. The highest BCUT2D eigenvalue weighted by atomic mass is 32.2. The zero-order chi connectivity index (χ0) is 5.91. The quantitative estimate of drug-likeness (QED) is 0.359. The van der Waals surface area contributed by atoms with E-state index in [1.807, 2.05) is 0 Å². The van der Waals surface area contributed by atoms with Gasteiger partial charge in [0.2, 0.25) is 0 Å². The lowest BCUT2D eigenvalue weighted by atomic mass is 12.0. The first kappa shape index (κ1) is 6.83. The Morgan fingerprint density at radius 3 is 2.29 bits per heavy atom. The van der Waals surface area contributed by atoms with Crippen molar-refractivity contribution in [3.63, 3.8) is 0 Å². The summed E-state index contributed by atoms with van der Waals surface area (Å²) in [5, 5.41) is 7.74. The number of hydrazine groups is 1. The highest BCUT2D eigenvalue weighted by Crippen LogP contribution is 1.66. The van der Waals surface area contributed by atoms with Crippen molar-refractivity contribution in [2.45, 2.75) is 0 Å². The number of hydrogen-bond acceptors (Lipinski definition) is 4. The third-order valence-corrected chi connectivity index (χ3v) is 0.721. The maximum Gasteiger partial charge on any atom is 0.117 e. The summed E-state index contributed by atoms with van der Waals surface area (Å²) in [5.41, 5.74) is 1.39. The fourth-order valence-corrected chi connectivity index (χ4v) is 0.261. The van der Waals surface area contributed by atoms with Crippen LogP contribution in [0.25, 0.3) is 0 Å². The van der Waals surface area contributed by atoms with Gasteiger partial charge in [-0.3, -0.25) is 0 Å². The van der Waals surface area contributed by atoms with Gasteiger partial charge in [-0.1, -0.05) is 0 Å². The summed E-state index contributed by atoms with van der Waals surface area (Å²) in [6, 6.07) is 0. The van der Waals surface area contributed by atoms with Crippen LogP contribution in [-0.2, 0) is 9.92 Å². The molecule has 1 atom stereocenters. The van der Waals surface area contributed by atoms with E-state index in [-0.39, 0.29) is 0 Å². The second-order valence-corrected chi connectivity index (χ2v) is 2.95. The van der Waals surface area contributed by atoms with Gasteiger partial charge in [0.05, 0.1) is 0 Å². The van der Waals surface area contributed by atoms with Crippen LogP contribution in [0.2, 0.25) is 0 Å². The molecule has 0 aliphatic rings. The van der Waals surface area contributed by atoms with E-state index >= 15 is 0 Å². The van der Waals surface area contributed by atoms with Crippen LogP contribution in [0.5, 0.6) is 0 Å². The van der Waals surface area contributed by atoms with Crippen LogP contribution in [-0.4, -0.2) is 15.7 Å². The molecule has 44 valence electrons. The summed E-state index contributed by atoms with van der Waals surface area (Å²) in [6.45, 7) is 0. The first-order chi connectivity index (χ1) is 3.06. The van der Waals surface area contributed by atoms with Gasteiger partial charge in [-0.15, -0.1) is 10.4 Å². The van der Waals surface area contributed by atoms with Crippen molar-refractivity contribution in [3.05, 3.63) is 0 Å². The molecule has 0 radical (unpaired) electrons. The van der Waals surface area contributed by atoms with E-state index in [0.29, 0.717) is 0 Å². The average molecular weight is 125 g/mol. The van der Waals surface area contributed by atoms with Gasteiger partial charge in [0.1, 0.15) is 9.92 Å². The molecule has 1 unspecified atom stereocenters. The van der Waals surface area contributed by atoms with Gasteiger partial charge in [-0.25, -0.2) is 8.99 Å². The van der Waals surface area contributed by atoms with Gasteiger partial charge in [0.25, 0.3) is 0 Å². The van der Waals surface area contributed by atoms with E-state index in [9.17, 15) is 4.21 Å². The molecule has 0 aliphatic carbocycles. The average Bonchev–Trinajstić information content (AvgIpc) is 1.30. The predicted octanol–water partition coefficient (Wildman–Crippen LogP) is -0.939. The first-order valence-electron chi connectivity index (χ1n) is 1.46. The summed E-state index contributed by atoms with van der Waals surface area (Å²) < 4.78 is 16.6. The van der Waals surface area contributed by atoms with E-state index in [2.05, 4.69) is 0 Å². The van der Waals surface area contributed by atoms with Gasteiger partial charge in [0.15, 0.2) is 0 Å². The summed E-state index contributed by atoms with van der Waals surface area (Å²) in [7, 11) is -2.79. The Kier molecular flexibility index (Phi) is 2.16. The smallest absolute Gasteiger partial charge is 0.117 e. The lowest BCUT2D eigenvalue weighted by Crippen LogP contribution is -2.32. The lowest BCUT2D eigenvalue weighted by Gasteiger charge is -1.96. The van der Waals surface area contributed by atoms with Gasteiger partial charge < -0.3 is 5.21 Å². The number of nitrogens with one attached hydrogen (secondary N) is 3. The minimum absolute atomic E-state index is 1.14. The molecule has 0 rings (SSSR count). The normalized spacial score (nSPS) is 18.6. The van der Waals surface area contributed by atoms with Crippen molar-refractivity contribution >= 4 is 9.92 Å². The molecule has 0 saturated heterocycles. The van der Waals surface area contributed by atoms with Gasteiger partial charge >= 0.3 is 0 Å². The molecule has 7 heavy (non-hydrogen) atoms. The maximum atomic E-state index is 10.1. The van der Waals surface area contributed by atoms with E-state index in [1.54, 1.807) is 4.83 Å². The minimum atomic E-state index is -2.79. The first-order valence-corrected chi connectivity index (χ1v) is 3.42. The van der Waals surface area contributed by atoms with Crippen LogP contribution in [0.3, 0.4) is 0 Å². The SMILES string of the molecule is CS(=N)(=O)NNO. The summed E-state index contributed by atoms with van der Waals surface area (Å²) in [4.78, 5) is 1.78. The van der Waals surface area contributed by atoms with Gasteiger partial charge in [-0.2, -0.15) is 0 Å². The molecular formula is CH7N3O2S. The van der Waals surface area contributed by atoms with Crippen LogP contribution in [0.1, 0.15) is 0 Å². The predicted molar refractivity (Wildman–Crippen MR) is 24.8 cm³/mol. The van der Waals surface area contributed by atoms with E-state index in [1.165, 1.54) is 5.59 Å². The molecule has 0 aromatic heterocycles. The molecule has 0 aromatic carbocycles. The second-order valence-electron chi connectivity index (χ2n) is 1.06. The molecule has 0 saturated carbocycles. The fraction of sp³-hybridized carbons (Fsp3) is 1.00. The Labute approximate surface area is 41.8 Å². The molecular weight excluding hydrogens is 118 g/mol. The van der Waals surface area contributed by atoms with Crippen LogP contribution in [0.4, 0.5) is 0 Å². The van der Waals surface area contributed by atoms with Crippen molar-refractivity contribution < 1.29 is 9.42 Å². The van der Waals surface area contributed by atoms with Crippen LogP contribution in [0.15, 0.2) is 0 Å². The standard InChI is InChI=1S/CH7N3O2S/c1-7(2,6)4-3-5/h3,5H,1H3,(H2,2,4,6). The van der Waals surface area contributed by atoms with Crippen LogP contribution in [0, 0.1) is 4.78 Å². The highest BCUT2D eigenvalue weighted by Gasteiger charge is 1.87. The Morgan fingerprint density at radius 1 is 1.86 bits per heavy atom. The van der Waals surface area contributed by atoms with Gasteiger partial charge in [0, 0.05) is 6.26 Å². The molecule has 0 aromatic rings. The highest BCUT2D eigenvalue weighted by molar-refractivity contribution is 7.89. The molecule has 0 heterocycles. The molecule has 4 N–H and O–H groups in total. The lowest BCUT2D eigenvalue weighted by molar-refractivity contribution is 0.150. The topological polar surface area (TPSA) is 85.2 Å². The summed E-state index contributed by atoms with van der Waals surface area (Å²) >= 11 is 0. The number of rotatable bonds is 2. The molecule has 0 spiro atoms. The Morgan fingerprint density at radius 2 is 2.29 bits per heavy atom. The summed E-state index contributed by atoms with van der Waals surface area (Å²) in [6.07, 6.45) is 1.14. The summed E-state index contributed by atoms with van der Waals surface area (Å²) in [5.74, 6) is 0. The minimum Gasteiger partial charge on any atom is -0.301 e. The van der Waals surface area contributed by atoms with Crippen molar-refractivity contribution in [3.8, 4) is 0 Å². The Bertz CT molecular complexity index is 126. The van der Waals surface area contributed by atoms with Crippen LogP contribution >= 0.6 is 0 Å². The van der Waals surface area contributed by atoms with E-state index in [0.717, 1.165) is 6.26 Å². The zero-order valence-electron chi connectivity index (χ0n) is 3.76. The fourth-order valence-electron chi connectivity index (χ4n) is 0.0871. The largest absolute Gasteiger partial charge is 0.301 e. The van der Waals surface area contributed by atoms with Crippen LogP contribution < -0.4 is 10.4 Å². The zero-order valence-corrected chi connectivity index (χ0v) is 4.58. The second kappa shape index (κ2) is 2.22. The maximum absolute atomic E-state index is 10.1. The Hall–Kier alpha value is -0.170. The molecule has 5 nitrogen and oxygen atoms in total.